The summed E-state index contributed by atoms with van der Waals surface area (Å²) < 4.78 is 5.38. The molecule has 3 nitrogen and oxygen atoms in total. The van der Waals surface area contributed by atoms with Crippen molar-refractivity contribution in [3.63, 3.8) is 0 Å². The Labute approximate surface area is 80.0 Å². The summed E-state index contributed by atoms with van der Waals surface area (Å²) in [6, 6.07) is 3.94. The van der Waals surface area contributed by atoms with Gasteiger partial charge in [-0.2, -0.15) is 0 Å². The van der Waals surface area contributed by atoms with E-state index in [2.05, 4.69) is 0 Å². The number of hydrogen-bond donors (Lipinski definition) is 1. The van der Waals surface area contributed by atoms with Crippen LogP contribution in [0.4, 0.5) is 0 Å². The third-order valence-electron chi connectivity index (χ3n) is 2.16. The van der Waals surface area contributed by atoms with E-state index in [-0.39, 0.29) is 6.10 Å². The van der Waals surface area contributed by atoms with Gasteiger partial charge in [0.25, 0.3) is 0 Å². The average molecular weight is 198 g/mol. The van der Waals surface area contributed by atoms with Crippen molar-refractivity contribution < 1.29 is 14.6 Å². The zero-order valence-corrected chi connectivity index (χ0v) is 7.79. The van der Waals surface area contributed by atoms with Gasteiger partial charge in [0.05, 0.1) is 6.10 Å². The van der Waals surface area contributed by atoms with Crippen molar-refractivity contribution in [3.05, 3.63) is 22.4 Å². The second-order valence-electron chi connectivity index (χ2n) is 3.04. The summed E-state index contributed by atoms with van der Waals surface area (Å²) in [5.74, 6) is -0.848. The number of hydrogen-bond acceptors (Lipinski definition) is 3. The summed E-state index contributed by atoms with van der Waals surface area (Å²) in [6.07, 6.45) is 0.836. The standard InChI is InChI=1S/C9H10O3S/c10-9(11)7-4-3-6(12-7)8-2-1-5-13-8/h1-2,5-7H,3-4H2,(H,10,11). The zero-order chi connectivity index (χ0) is 9.26. The first-order valence-corrected chi connectivity index (χ1v) is 5.07. The van der Waals surface area contributed by atoms with Crippen LogP contribution in [0.5, 0.6) is 0 Å². The molecule has 1 aromatic rings. The van der Waals surface area contributed by atoms with Crippen LogP contribution < -0.4 is 0 Å². The van der Waals surface area contributed by atoms with E-state index in [4.69, 9.17) is 9.84 Å². The van der Waals surface area contributed by atoms with Crippen molar-refractivity contribution in [3.8, 4) is 0 Å². The van der Waals surface area contributed by atoms with Crippen molar-refractivity contribution in [2.75, 3.05) is 0 Å². The van der Waals surface area contributed by atoms with Gasteiger partial charge in [0.15, 0.2) is 6.10 Å². The van der Waals surface area contributed by atoms with Crippen molar-refractivity contribution in [2.24, 2.45) is 0 Å². The largest absolute Gasteiger partial charge is 0.479 e. The van der Waals surface area contributed by atoms with Gasteiger partial charge >= 0.3 is 5.97 Å². The fraction of sp³-hybridized carbons (Fsp3) is 0.444. The number of aliphatic carboxylic acids is 1. The quantitative estimate of drug-likeness (QED) is 0.791. The van der Waals surface area contributed by atoms with E-state index < -0.39 is 12.1 Å². The number of carboxylic acid groups (broad SMARTS) is 1. The fourth-order valence-corrected chi connectivity index (χ4v) is 2.30. The predicted molar refractivity (Wildman–Crippen MR) is 48.8 cm³/mol. The molecule has 0 aliphatic carbocycles. The lowest BCUT2D eigenvalue weighted by Gasteiger charge is -2.08. The Morgan fingerprint density at radius 1 is 1.62 bits per heavy atom. The van der Waals surface area contributed by atoms with E-state index in [1.807, 2.05) is 17.5 Å². The number of thiophene rings is 1. The number of carboxylic acids is 1. The van der Waals surface area contributed by atoms with Gasteiger partial charge in [-0.15, -0.1) is 11.3 Å². The minimum atomic E-state index is -0.848. The highest BCUT2D eigenvalue weighted by Crippen LogP contribution is 2.34. The highest BCUT2D eigenvalue weighted by Gasteiger charge is 2.31. The first-order valence-electron chi connectivity index (χ1n) is 4.19. The first kappa shape index (κ1) is 8.72. The number of rotatable bonds is 2. The Balaban J connectivity index is 2.03. The Morgan fingerprint density at radius 3 is 3.00 bits per heavy atom. The Morgan fingerprint density at radius 2 is 2.46 bits per heavy atom. The number of carbonyl (C=O) groups is 1. The first-order chi connectivity index (χ1) is 6.27. The lowest BCUT2D eigenvalue weighted by molar-refractivity contribution is -0.149. The van der Waals surface area contributed by atoms with Gasteiger partial charge in [-0.05, 0) is 24.3 Å². The second-order valence-corrected chi connectivity index (χ2v) is 4.02. The van der Waals surface area contributed by atoms with E-state index in [0.29, 0.717) is 6.42 Å². The maximum atomic E-state index is 10.6. The van der Waals surface area contributed by atoms with Gasteiger partial charge in [0.1, 0.15) is 0 Å². The van der Waals surface area contributed by atoms with Crippen LogP contribution in [-0.4, -0.2) is 17.2 Å². The maximum Gasteiger partial charge on any atom is 0.332 e. The van der Waals surface area contributed by atoms with Gasteiger partial charge in [0.2, 0.25) is 0 Å². The Kier molecular flexibility index (Phi) is 2.33. The van der Waals surface area contributed by atoms with Gasteiger partial charge in [-0.3, -0.25) is 0 Å². The molecule has 1 saturated heterocycles. The van der Waals surface area contributed by atoms with Crippen LogP contribution in [0.25, 0.3) is 0 Å². The molecule has 13 heavy (non-hydrogen) atoms. The maximum absolute atomic E-state index is 10.6. The minimum Gasteiger partial charge on any atom is -0.479 e. The third-order valence-corrected chi connectivity index (χ3v) is 3.12. The lowest BCUT2D eigenvalue weighted by Crippen LogP contribution is -2.18. The molecule has 1 aliphatic rings. The monoisotopic (exact) mass is 198 g/mol. The molecule has 0 spiro atoms. The smallest absolute Gasteiger partial charge is 0.332 e. The molecule has 0 saturated carbocycles. The van der Waals surface area contributed by atoms with Crippen LogP contribution in [0.2, 0.25) is 0 Å². The van der Waals surface area contributed by atoms with Crippen LogP contribution in [-0.2, 0) is 9.53 Å². The van der Waals surface area contributed by atoms with E-state index >= 15 is 0 Å². The summed E-state index contributed by atoms with van der Waals surface area (Å²) in [5.41, 5.74) is 0. The van der Waals surface area contributed by atoms with Crippen molar-refractivity contribution in [2.45, 2.75) is 25.0 Å². The lowest BCUT2D eigenvalue weighted by atomic mass is 10.2. The molecular weight excluding hydrogens is 188 g/mol. The molecule has 1 aromatic heterocycles. The Bertz CT molecular complexity index is 294. The summed E-state index contributed by atoms with van der Waals surface area (Å²) >= 11 is 1.62. The topological polar surface area (TPSA) is 46.5 Å². The van der Waals surface area contributed by atoms with Crippen LogP contribution in [0.3, 0.4) is 0 Å². The van der Waals surface area contributed by atoms with Gasteiger partial charge in [-0.25, -0.2) is 4.79 Å². The summed E-state index contributed by atoms with van der Waals surface area (Å²) in [6.45, 7) is 0. The summed E-state index contributed by atoms with van der Waals surface area (Å²) in [4.78, 5) is 11.7. The zero-order valence-electron chi connectivity index (χ0n) is 6.97. The van der Waals surface area contributed by atoms with E-state index in [9.17, 15) is 4.79 Å². The van der Waals surface area contributed by atoms with E-state index in [1.165, 1.54) is 0 Å². The molecule has 2 unspecified atom stereocenters. The average Bonchev–Trinajstić information content (AvgIpc) is 2.75. The molecule has 2 heterocycles. The van der Waals surface area contributed by atoms with Gasteiger partial charge in [0, 0.05) is 4.88 Å². The summed E-state index contributed by atoms with van der Waals surface area (Å²) in [7, 11) is 0. The Hall–Kier alpha value is -0.870. The van der Waals surface area contributed by atoms with E-state index in [0.717, 1.165) is 11.3 Å². The van der Waals surface area contributed by atoms with Gasteiger partial charge < -0.3 is 9.84 Å². The van der Waals surface area contributed by atoms with Crippen LogP contribution in [0.1, 0.15) is 23.8 Å². The van der Waals surface area contributed by atoms with Crippen molar-refractivity contribution in [1.29, 1.82) is 0 Å². The molecule has 1 fully saturated rings. The fourth-order valence-electron chi connectivity index (χ4n) is 1.50. The predicted octanol–water partition coefficient (Wildman–Crippen LogP) is 2.05. The molecule has 0 radical (unpaired) electrons. The molecule has 1 N–H and O–H groups in total. The van der Waals surface area contributed by atoms with Crippen LogP contribution in [0, 0.1) is 0 Å². The molecule has 0 amide bonds. The molecule has 70 valence electrons. The van der Waals surface area contributed by atoms with Crippen molar-refractivity contribution >= 4 is 17.3 Å². The number of ether oxygens (including phenoxy) is 1. The molecule has 0 bridgehead atoms. The SMILES string of the molecule is O=C(O)C1CCC(c2cccs2)O1. The van der Waals surface area contributed by atoms with Gasteiger partial charge in [-0.1, -0.05) is 6.07 Å². The van der Waals surface area contributed by atoms with Crippen LogP contribution >= 0.6 is 11.3 Å². The molecular formula is C9H10O3S. The highest BCUT2D eigenvalue weighted by atomic mass is 32.1. The molecule has 0 aromatic carbocycles. The molecule has 4 heteroatoms. The third kappa shape index (κ3) is 1.73. The van der Waals surface area contributed by atoms with Crippen molar-refractivity contribution in [1.82, 2.24) is 0 Å². The van der Waals surface area contributed by atoms with Crippen LogP contribution in [0.15, 0.2) is 17.5 Å². The second kappa shape index (κ2) is 3.47. The summed E-state index contributed by atoms with van der Waals surface area (Å²) in [5, 5.41) is 10.7. The highest BCUT2D eigenvalue weighted by molar-refractivity contribution is 7.10. The minimum absolute atomic E-state index is 0.00102. The van der Waals surface area contributed by atoms with E-state index in [1.54, 1.807) is 11.3 Å². The molecule has 1 aliphatic heterocycles. The molecule has 2 rings (SSSR count). The molecule has 2 atom stereocenters. The normalized spacial score (nSPS) is 27.7.